The zero-order valence-corrected chi connectivity index (χ0v) is 17.7. The summed E-state index contributed by atoms with van der Waals surface area (Å²) in [6.07, 6.45) is 4.90. The summed E-state index contributed by atoms with van der Waals surface area (Å²) >= 11 is 6.99. The summed E-state index contributed by atoms with van der Waals surface area (Å²) in [5.41, 5.74) is 6.09. The number of nitrogens with two attached hydrogens (primary N) is 1. The number of hydrogen-bond acceptors (Lipinski definition) is 6. The molecule has 1 saturated carbocycles. The van der Waals surface area contributed by atoms with E-state index in [1.54, 1.807) is 6.07 Å². The van der Waals surface area contributed by atoms with Crippen molar-refractivity contribution in [3.05, 3.63) is 41.2 Å². The van der Waals surface area contributed by atoms with Crippen LogP contribution < -0.4 is 15.2 Å². The second-order valence-electron chi connectivity index (χ2n) is 7.02. The lowest BCUT2D eigenvalue weighted by atomic mass is 10.1. The molecule has 0 aliphatic heterocycles. The SMILES string of the molecule is Nc1cc(F)c(S(=O)(=O)Nc2nc3ccc(OCC4CCCC4)cc3s2)cc1Cl. The van der Waals surface area contributed by atoms with Crippen molar-refractivity contribution in [2.45, 2.75) is 30.6 Å². The van der Waals surface area contributed by atoms with Gasteiger partial charge in [-0.15, -0.1) is 0 Å². The van der Waals surface area contributed by atoms with Gasteiger partial charge in [0.1, 0.15) is 16.5 Å². The van der Waals surface area contributed by atoms with E-state index in [-0.39, 0.29) is 15.8 Å². The minimum atomic E-state index is -4.21. The number of nitrogens with one attached hydrogen (secondary N) is 1. The molecule has 3 aromatic rings. The van der Waals surface area contributed by atoms with Crippen molar-refractivity contribution in [3.8, 4) is 5.75 Å². The number of ether oxygens (including phenoxy) is 1. The third-order valence-corrected chi connectivity index (χ3v) is 7.63. The number of benzene rings is 2. The maximum absolute atomic E-state index is 14.1. The molecule has 1 fully saturated rings. The molecule has 0 saturated heterocycles. The summed E-state index contributed by atoms with van der Waals surface area (Å²) in [7, 11) is -4.21. The Morgan fingerprint density at radius 1 is 1.28 bits per heavy atom. The number of hydrogen-bond donors (Lipinski definition) is 2. The monoisotopic (exact) mass is 455 g/mol. The van der Waals surface area contributed by atoms with E-state index in [4.69, 9.17) is 22.1 Å². The maximum atomic E-state index is 14.1. The molecule has 1 heterocycles. The summed E-state index contributed by atoms with van der Waals surface area (Å²) in [5, 5.41) is 0.0837. The zero-order valence-electron chi connectivity index (χ0n) is 15.3. The second-order valence-corrected chi connectivity index (χ2v) is 10.1. The highest BCUT2D eigenvalue weighted by Gasteiger charge is 2.23. The molecule has 1 aliphatic rings. The van der Waals surface area contributed by atoms with E-state index in [0.29, 0.717) is 18.0 Å². The van der Waals surface area contributed by atoms with Gasteiger partial charge in [0, 0.05) is 0 Å². The van der Waals surface area contributed by atoms with Gasteiger partial charge in [0.25, 0.3) is 10.0 Å². The average Bonchev–Trinajstić information content (AvgIpc) is 3.31. The standard InChI is InChI=1S/C19H19ClFN3O3S2/c20-13-8-18(14(21)9-15(13)22)29(25,26)24-19-23-16-6-5-12(7-17(16)28-19)27-10-11-3-1-2-4-11/h5-9,11H,1-4,10,22H2,(H,23,24). The van der Waals surface area contributed by atoms with Gasteiger partial charge in [-0.3, -0.25) is 4.72 Å². The van der Waals surface area contributed by atoms with Crippen molar-refractivity contribution in [3.63, 3.8) is 0 Å². The number of sulfonamides is 1. The largest absolute Gasteiger partial charge is 0.493 e. The van der Waals surface area contributed by atoms with Crippen LogP contribution in [0.2, 0.25) is 5.02 Å². The fraction of sp³-hybridized carbons (Fsp3) is 0.316. The predicted molar refractivity (Wildman–Crippen MR) is 114 cm³/mol. The van der Waals surface area contributed by atoms with Crippen LogP contribution in [0.25, 0.3) is 10.2 Å². The Labute approximate surface area is 176 Å². The first kappa shape index (κ1) is 20.2. The number of anilines is 2. The molecule has 0 unspecified atom stereocenters. The molecule has 0 atom stereocenters. The number of halogens is 2. The third kappa shape index (κ3) is 4.41. The van der Waals surface area contributed by atoms with Crippen LogP contribution in [0.4, 0.5) is 15.2 Å². The lowest BCUT2D eigenvalue weighted by molar-refractivity contribution is 0.252. The lowest BCUT2D eigenvalue weighted by Crippen LogP contribution is -2.14. The van der Waals surface area contributed by atoms with E-state index in [0.717, 1.165) is 33.9 Å². The molecule has 4 rings (SSSR count). The van der Waals surface area contributed by atoms with Crippen LogP contribution in [0.3, 0.4) is 0 Å². The van der Waals surface area contributed by atoms with Crippen LogP contribution in [0.5, 0.6) is 5.75 Å². The summed E-state index contributed by atoms with van der Waals surface area (Å²) in [5.74, 6) is 0.332. The van der Waals surface area contributed by atoms with Crippen molar-refractivity contribution in [2.24, 2.45) is 5.92 Å². The van der Waals surface area contributed by atoms with Gasteiger partial charge in [0.2, 0.25) is 0 Å². The maximum Gasteiger partial charge on any atom is 0.266 e. The topological polar surface area (TPSA) is 94.3 Å². The number of fused-ring (bicyclic) bond motifs is 1. The Morgan fingerprint density at radius 2 is 2.03 bits per heavy atom. The Bertz CT molecular complexity index is 1160. The minimum Gasteiger partial charge on any atom is -0.493 e. The fourth-order valence-corrected chi connectivity index (χ4v) is 5.79. The number of nitrogens with zero attached hydrogens (tertiary/aromatic N) is 1. The molecule has 29 heavy (non-hydrogen) atoms. The summed E-state index contributed by atoms with van der Waals surface area (Å²) in [6, 6.07) is 7.28. The highest BCUT2D eigenvalue weighted by molar-refractivity contribution is 7.93. The van der Waals surface area contributed by atoms with E-state index in [2.05, 4.69) is 9.71 Å². The lowest BCUT2D eigenvalue weighted by Gasteiger charge is -2.10. The molecular formula is C19H19ClFN3O3S2. The van der Waals surface area contributed by atoms with Crippen LogP contribution in [0.1, 0.15) is 25.7 Å². The van der Waals surface area contributed by atoms with Gasteiger partial charge in [-0.05, 0) is 49.1 Å². The van der Waals surface area contributed by atoms with E-state index in [1.807, 2.05) is 12.1 Å². The van der Waals surface area contributed by atoms with Crippen molar-refractivity contribution in [2.75, 3.05) is 17.1 Å². The number of aromatic nitrogens is 1. The van der Waals surface area contributed by atoms with E-state index < -0.39 is 20.7 Å². The molecule has 1 aliphatic carbocycles. The molecule has 1 aromatic heterocycles. The van der Waals surface area contributed by atoms with Crippen molar-refractivity contribution in [1.29, 1.82) is 0 Å². The first-order valence-electron chi connectivity index (χ1n) is 9.12. The van der Waals surface area contributed by atoms with Crippen molar-refractivity contribution >= 4 is 54.0 Å². The zero-order chi connectivity index (χ0) is 20.6. The van der Waals surface area contributed by atoms with Gasteiger partial charge in [-0.1, -0.05) is 35.8 Å². The molecule has 6 nitrogen and oxygen atoms in total. The van der Waals surface area contributed by atoms with Crippen molar-refractivity contribution < 1.29 is 17.5 Å². The average molecular weight is 456 g/mol. The molecule has 0 spiro atoms. The first-order chi connectivity index (χ1) is 13.8. The molecular weight excluding hydrogens is 437 g/mol. The molecule has 0 radical (unpaired) electrons. The fourth-order valence-electron chi connectivity index (χ4n) is 3.35. The Kier molecular flexibility index (Phi) is 5.54. The van der Waals surface area contributed by atoms with Crippen LogP contribution in [-0.2, 0) is 10.0 Å². The van der Waals surface area contributed by atoms with Gasteiger partial charge in [0.15, 0.2) is 5.13 Å². The molecule has 10 heteroatoms. The Morgan fingerprint density at radius 3 is 2.79 bits per heavy atom. The molecule has 154 valence electrons. The smallest absolute Gasteiger partial charge is 0.266 e. The number of thiazole rings is 1. The van der Waals surface area contributed by atoms with Gasteiger partial charge < -0.3 is 10.5 Å². The quantitative estimate of drug-likeness (QED) is 0.508. The Balaban J connectivity index is 1.54. The minimum absolute atomic E-state index is 0.0340. The van der Waals surface area contributed by atoms with E-state index in [9.17, 15) is 12.8 Å². The molecule has 3 N–H and O–H groups in total. The van der Waals surface area contributed by atoms with Gasteiger partial charge in [0.05, 0.1) is 27.5 Å². The van der Waals surface area contributed by atoms with Gasteiger partial charge in [-0.25, -0.2) is 17.8 Å². The molecule has 2 aromatic carbocycles. The van der Waals surface area contributed by atoms with Gasteiger partial charge in [-0.2, -0.15) is 0 Å². The summed E-state index contributed by atoms with van der Waals surface area (Å²) in [4.78, 5) is 3.68. The molecule has 0 amide bonds. The van der Waals surface area contributed by atoms with E-state index >= 15 is 0 Å². The summed E-state index contributed by atoms with van der Waals surface area (Å²) < 4.78 is 48.2. The van der Waals surface area contributed by atoms with Crippen LogP contribution >= 0.6 is 22.9 Å². The second kappa shape index (κ2) is 7.97. The Hall–Kier alpha value is -2.10. The van der Waals surface area contributed by atoms with Crippen LogP contribution in [0.15, 0.2) is 35.2 Å². The number of nitrogen functional groups attached to an aromatic ring is 1. The highest BCUT2D eigenvalue weighted by atomic mass is 35.5. The third-order valence-electron chi connectivity index (χ3n) is 4.88. The predicted octanol–water partition coefficient (Wildman–Crippen LogP) is 5.04. The number of rotatable bonds is 6. The van der Waals surface area contributed by atoms with E-state index in [1.165, 1.54) is 25.7 Å². The molecule has 0 bridgehead atoms. The highest BCUT2D eigenvalue weighted by Crippen LogP contribution is 2.33. The summed E-state index contributed by atoms with van der Waals surface area (Å²) in [6.45, 7) is 0.682. The first-order valence-corrected chi connectivity index (χ1v) is 11.8. The van der Waals surface area contributed by atoms with Gasteiger partial charge >= 0.3 is 0 Å². The van der Waals surface area contributed by atoms with Crippen LogP contribution in [-0.4, -0.2) is 20.0 Å². The van der Waals surface area contributed by atoms with Crippen molar-refractivity contribution in [1.82, 2.24) is 4.98 Å². The van der Waals surface area contributed by atoms with Crippen LogP contribution in [0, 0.1) is 11.7 Å². The normalized spacial score (nSPS) is 15.1.